The van der Waals surface area contributed by atoms with Gasteiger partial charge in [-0.25, -0.2) is 5.48 Å². The normalized spacial score (nSPS) is 10.6. The molecule has 0 atom stereocenters. The van der Waals surface area contributed by atoms with Crippen LogP contribution in [0, 0.1) is 0 Å². The molecule has 2 rings (SSSR count). The molecule has 0 aliphatic carbocycles. The van der Waals surface area contributed by atoms with Crippen LogP contribution in [0.1, 0.15) is 29.8 Å². The van der Waals surface area contributed by atoms with Crippen molar-refractivity contribution in [2.24, 2.45) is 7.05 Å². The number of hydrogen-bond acceptors (Lipinski definition) is 5. The van der Waals surface area contributed by atoms with E-state index in [0.29, 0.717) is 17.2 Å². The summed E-state index contributed by atoms with van der Waals surface area (Å²) in [5.74, 6) is 0.359. The fraction of sp³-hybridized carbons (Fsp3) is 0.333. The van der Waals surface area contributed by atoms with E-state index in [1.54, 1.807) is 47.7 Å². The Balaban J connectivity index is 2.29. The number of rotatable bonds is 6. The molecule has 7 heteroatoms. The van der Waals surface area contributed by atoms with Gasteiger partial charge in [-0.05, 0) is 26.0 Å². The van der Waals surface area contributed by atoms with E-state index in [4.69, 9.17) is 14.7 Å². The number of amides is 1. The number of aryl methyl sites for hydroxylation is 1. The van der Waals surface area contributed by atoms with Gasteiger partial charge < -0.3 is 9.47 Å². The van der Waals surface area contributed by atoms with Crippen LogP contribution >= 0.6 is 0 Å². The minimum absolute atomic E-state index is 0.0546. The summed E-state index contributed by atoms with van der Waals surface area (Å²) in [6.45, 7) is 3.88. The molecule has 0 fully saturated rings. The Morgan fingerprint density at radius 1 is 1.41 bits per heavy atom. The van der Waals surface area contributed by atoms with Crippen molar-refractivity contribution in [1.29, 1.82) is 0 Å². The monoisotopic (exact) mass is 305 g/mol. The fourth-order valence-corrected chi connectivity index (χ4v) is 1.97. The molecule has 1 heterocycles. The van der Waals surface area contributed by atoms with Crippen LogP contribution < -0.4 is 15.0 Å². The van der Waals surface area contributed by atoms with E-state index >= 15 is 0 Å². The molecule has 0 aliphatic rings. The van der Waals surface area contributed by atoms with Gasteiger partial charge in [-0.15, -0.1) is 5.10 Å². The maximum absolute atomic E-state index is 11.8. The molecule has 1 amide bonds. The van der Waals surface area contributed by atoms with Crippen LogP contribution in [-0.4, -0.2) is 27.0 Å². The van der Waals surface area contributed by atoms with Gasteiger partial charge in [0.05, 0.1) is 11.7 Å². The van der Waals surface area contributed by atoms with Crippen molar-refractivity contribution in [3.63, 3.8) is 0 Å². The number of hydroxylamine groups is 1. The van der Waals surface area contributed by atoms with E-state index in [-0.39, 0.29) is 18.3 Å². The predicted molar refractivity (Wildman–Crippen MR) is 79.0 cm³/mol. The van der Waals surface area contributed by atoms with Crippen molar-refractivity contribution in [1.82, 2.24) is 15.3 Å². The lowest BCUT2D eigenvalue weighted by Crippen LogP contribution is -2.21. The van der Waals surface area contributed by atoms with Crippen LogP contribution in [0.4, 0.5) is 0 Å². The molecule has 1 aromatic heterocycles. The van der Waals surface area contributed by atoms with Crippen molar-refractivity contribution in [2.45, 2.75) is 26.6 Å². The molecule has 0 saturated carbocycles. The van der Waals surface area contributed by atoms with E-state index < -0.39 is 5.91 Å². The summed E-state index contributed by atoms with van der Waals surface area (Å²) in [6.07, 6.45) is 1.70. The topological polar surface area (TPSA) is 85.6 Å². The van der Waals surface area contributed by atoms with Crippen LogP contribution in [0.3, 0.4) is 0 Å². The SMILES string of the molecule is CC(C)Oc1cccc(C(=O)NO)c1COc1ccn(C)n1. The zero-order valence-electron chi connectivity index (χ0n) is 12.7. The number of benzene rings is 1. The predicted octanol–water partition coefficient (Wildman–Crippen LogP) is 1.91. The average molecular weight is 305 g/mol. The third-order valence-electron chi connectivity index (χ3n) is 2.90. The van der Waals surface area contributed by atoms with Gasteiger partial charge in [0.2, 0.25) is 5.88 Å². The van der Waals surface area contributed by atoms with Gasteiger partial charge in [-0.3, -0.25) is 14.7 Å². The van der Waals surface area contributed by atoms with Crippen LogP contribution in [0.2, 0.25) is 0 Å². The van der Waals surface area contributed by atoms with E-state index in [2.05, 4.69) is 5.10 Å². The Morgan fingerprint density at radius 2 is 2.18 bits per heavy atom. The summed E-state index contributed by atoms with van der Waals surface area (Å²) in [6, 6.07) is 6.76. The third kappa shape index (κ3) is 3.76. The molecule has 0 bridgehead atoms. The quantitative estimate of drug-likeness (QED) is 0.629. The van der Waals surface area contributed by atoms with Crippen LogP contribution in [0.25, 0.3) is 0 Å². The minimum Gasteiger partial charge on any atom is -0.491 e. The first-order chi connectivity index (χ1) is 10.5. The average Bonchev–Trinajstić information content (AvgIpc) is 2.90. The van der Waals surface area contributed by atoms with Gasteiger partial charge in [0, 0.05) is 24.9 Å². The van der Waals surface area contributed by atoms with Crippen molar-refractivity contribution < 1.29 is 19.5 Å². The molecule has 0 saturated heterocycles. The lowest BCUT2D eigenvalue weighted by molar-refractivity contribution is 0.0702. The summed E-state index contributed by atoms with van der Waals surface area (Å²) in [5.41, 5.74) is 2.47. The fourth-order valence-electron chi connectivity index (χ4n) is 1.97. The van der Waals surface area contributed by atoms with Crippen molar-refractivity contribution in [3.05, 3.63) is 41.6 Å². The number of nitrogens with zero attached hydrogens (tertiary/aromatic N) is 2. The molecular formula is C15H19N3O4. The minimum atomic E-state index is -0.617. The largest absolute Gasteiger partial charge is 0.491 e. The summed E-state index contributed by atoms with van der Waals surface area (Å²) < 4.78 is 12.9. The lowest BCUT2D eigenvalue weighted by atomic mass is 10.1. The van der Waals surface area contributed by atoms with Gasteiger partial charge in [-0.2, -0.15) is 0 Å². The summed E-state index contributed by atoms with van der Waals surface area (Å²) in [4.78, 5) is 11.8. The van der Waals surface area contributed by atoms with Gasteiger partial charge in [-0.1, -0.05) is 6.07 Å². The van der Waals surface area contributed by atoms with Crippen molar-refractivity contribution >= 4 is 5.91 Å². The van der Waals surface area contributed by atoms with E-state index in [9.17, 15) is 4.79 Å². The number of ether oxygens (including phenoxy) is 2. The second kappa shape index (κ2) is 6.95. The number of hydrogen-bond donors (Lipinski definition) is 2. The molecule has 118 valence electrons. The molecule has 0 unspecified atom stereocenters. The van der Waals surface area contributed by atoms with Crippen LogP contribution in [0.5, 0.6) is 11.6 Å². The van der Waals surface area contributed by atoms with Crippen molar-refractivity contribution in [2.75, 3.05) is 0 Å². The molecule has 0 aliphatic heterocycles. The highest BCUT2D eigenvalue weighted by Gasteiger charge is 2.17. The van der Waals surface area contributed by atoms with Gasteiger partial charge >= 0.3 is 0 Å². The lowest BCUT2D eigenvalue weighted by Gasteiger charge is -2.16. The first kappa shape index (κ1) is 15.8. The second-order valence-electron chi connectivity index (χ2n) is 5.01. The molecule has 0 spiro atoms. The molecule has 1 aromatic carbocycles. The smallest absolute Gasteiger partial charge is 0.275 e. The van der Waals surface area contributed by atoms with Crippen LogP contribution in [-0.2, 0) is 13.7 Å². The first-order valence-electron chi connectivity index (χ1n) is 6.86. The Kier molecular flexibility index (Phi) is 5.00. The highest BCUT2D eigenvalue weighted by atomic mass is 16.5. The van der Waals surface area contributed by atoms with Crippen LogP contribution in [0.15, 0.2) is 30.5 Å². The Morgan fingerprint density at radius 3 is 2.77 bits per heavy atom. The molecule has 7 nitrogen and oxygen atoms in total. The number of carbonyl (C=O) groups is 1. The highest BCUT2D eigenvalue weighted by molar-refractivity contribution is 5.95. The molecule has 0 radical (unpaired) electrons. The molecule has 2 N–H and O–H groups in total. The summed E-state index contributed by atoms with van der Waals surface area (Å²) in [7, 11) is 1.79. The molecule has 2 aromatic rings. The zero-order chi connectivity index (χ0) is 16.1. The Labute approximate surface area is 128 Å². The highest BCUT2D eigenvalue weighted by Crippen LogP contribution is 2.25. The molecular weight excluding hydrogens is 286 g/mol. The van der Waals surface area contributed by atoms with Gasteiger partial charge in [0.1, 0.15) is 12.4 Å². The molecule has 22 heavy (non-hydrogen) atoms. The van der Waals surface area contributed by atoms with E-state index in [0.717, 1.165) is 0 Å². The maximum Gasteiger partial charge on any atom is 0.275 e. The number of aromatic nitrogens is 2. The standard InChI is InChI=1S/C15H19N3O4/c1-10(2)22-13-6-4-5-11(15(19)17-20)12(13)9-21-14-7-8-18(3)16-14/h4-8,10,20H,9H2,1-3H3,(H,17,19). The van der Waals surface area contributed by atoms with Gasteiger partial charge in [0.15, 0.2) is 0 Å². The first-order valence-corrected chi connectivity index (χ1v) is 6.86. The Hall–Kier alpha value is -2.54. The Bertz CT molecular complexity index is 652. The number of nitrogens with one attached hydrogen (secondary N) is 1. The second-order valence-corrected chi connectivity index (χ2v) is 5.01. The van der Waals surface area contributed by atoms with E-state index in [1.165, 1.54) is 0 Å². The summed E-state index contributed by atoms with van der Waals surface area (Å²) in [5, 5.41) is 13.0. The summed E-state index contributed by atoms with van der Waals surface area (Å²) >= 11 is 0. The number of carbonyl (C=O) groups excluding carboxylic acids is 1. The zero-order valence-corrected chi connectivity index (χ0v) is 12.7. The third-order valence-corrected chi connectivity index (χ3v) is 2.90. The van der Waals surface area contributed by atoms with Gasteiger partial charge in [0.25, 0.3) is 5.91 Å². The van der Waals surface area contributed by atoms with E-state index in [1.807, 2.05) is 13.8 Å². The van der Waals surface area contributed by atoms with Crippen molar-refractivity contribution in [3.8, 4) is 11.6 Å². The maximum atomic E-state index is 11.8.